The van der Waals surface area contributed by atoms with Crippen LogP contribution < -0.4 is 0 Å². The van der Waals surface area contributed by atoms with E-state index >= 15 is 0 Å². The van der Waals surface area contributed by atoms with Crippen LogP contribution in [0, 0.1) is 0 Å². The summed E-state index contributed by atoms with van der Waals surface area (Å²) in [6.07, 6.45) is -0.0879. The van der Waals surface area contributed by atoms with E-state index in [0.29, 0.717) is 13.0 Å². The number of azo groups is 1. The largest absolute Gasteiger partial charge is 0.452 e. The van der Waals surface area contributed by atoms with E-state index in [-0.39, 0.29) is 0 Å². The van der Waals surface area contributed by atoms with Gasteiger partial charge in [0, 0.05) is 0 Å². The lowest BCUT2D eigenvalue weighted by Gasteiger charge is -2.10. The minimum Gasteiger partial charge on any atom is -0.447 e. The molecule has 12 heavy (non-hydrogen) atoms. The number of carbonyl (C=O) groups is 1. The fourth-order valence-electron chi connectivity index (χ4n) is 0.368. The van der Waals surface area contributed by atoms with E-state index in [1.54, 1.807) is 13.8 Å². The molecule has 1 amide bonds. The van der Waals surface area contributed by atoms with Gasteiger partial charge in [0.05, 0.1) is 6.61 Å². The van der Waals surface area contributed by atoms with E-state index in [0.717, 1.165) is 0 Å². The van der Waals surface area contributed by atoms with E-state index in [1.165, 1.54) is 0 Å². The molecule has 1 atom stereocenters. The number of hydrogen-bond acceptors (Lipinski definition) is 3. The second-order valence-corrected chi connectivity index (χ2v) is 3.21. The van der Waals surface area contributed by atoms with Gasteiger partial charge in [0.1, 0.15) is 0 Å². The van der Waals surface area contributed by atoms with Crippen LogP contribution in [0.5, 0.6) is 0 Å². The average Bonchev–Trinajstić information content (AvgIpc) is 2.02. The summed E-state index contributed by atoms with van der Waals surface area (Å²) in [5.74, 6) is 0. The molecule has 70 valence electrons. The molecule has 1 unspecified atom stereocenters. The molecule has 0 radical (unpaired) electrons. The second-order valence-electron chi connectivity index (χ2n) is 2.39. The zero-order valence-corrected chi connectivity index (χ0v) is 8.26. The van der Waals surface area contributed by atoms with Crippen molar-refractivity contribution in [2.75, 3.05) is 6.61 Å². The van der Waals surface area contributed by atoms with Crippen molar-refractivity contribution in [1.29, 1.82) is 0 Å². The van der Waals surface area contributed by atoms with Crippen molar-refractivity contribution in [3.63, 3.8) is 0 Å². The fourth-order valence-corrected chi connectivity index (χ4v) is 0.406. The molecule has 0 aliphatic rings. The summed E-state index contributed by atoms with van der Waals surface area (Å²) in [6, 6.07) is 0. The topological polar surface area (TPSA) is 51.0 Å². The van der Waals surface area contributed by atoms with Crippen molar-refractivity contribution < 1.29 is 9.53 Å². The predicted molar refractivity (Wildman–Crippen MR) is 46.4 cm³/mol. The van der Waals surface area contributed by atoms with Crippen LogP contribution in [0.4, 0.5) is 4.79 Å². The first-order valence-electron chi connectivity index (χ1n) is 3.80. The smallest absolute Gasteiger partial charge is 0.447 e. The van der Waals surface area contributed by atoms with Crippen LogP contribution in [-0.4, -0.2) is 17.7 Å². The van der Waals surface area contributed by atoms with E-state index in [9.17, 15) is 4.79 Å². The van der Waals surface area contributed by atoms with Crippen LogP contribution in [-0.2, 0) is 4.74 Å². The van der Waals surface area contributed by atoms with Crippen LogP contribution in [0.2, 0.25) is 0 Å². The maximum atomic E-state index is 10.7. The number of nitrogens with zero attached hydrogens (tertiary/aromatic N) is 2. The third kappa shape index (κ3) is 5.07. The summed E-state index contributed by atoms with van der Waals surface area (Å²) in [6.45, 7) is 5.53. The quantitative estimate of drug-likeness (QED) is 0.392. The molecule has 0 N–H and O–H groups in total. The molecule has 0 saturated carbocycles. The van der Waals surface area contributed by atoms with Crippen LogP contribution in [0.3, 0.4) is 0 Å². The first-order valence-corrected chi connectivity index (χ1v) is 4.18. The normalized spacial score (nSPS) is 16.0. The van der Waals surface area contributed by atoms with Gasteiger partial charge in [0.15, 0.2) is 5.00 Å². The van der Waals surface area contributed by atoms with E-state index < -0.39 is 11.1 Å². The number of rotatable bonds is 3. The van der Waals surface area contributed by atoms with Gasteiger partial charge in [0.2, 0.25) is 0 Å². The Balaban J connectivity index is 3.97. The summed E-state index contributed by atoms with van der Waals surface area (Å²) in [5, 5.41) is 6.90. The third-order valence-electron chi connectivity index (χ3n) is 1.25. The van der Waals surface area contributed by atoms with Crippen molar-refractivity contribution in [2.24, 2.45) is 10.2 Å². The van der Waals surface area contributed by atoms with Crippen LogP contribution in [0.15, 0.2) is 10.2 Å². The van der Waals surface area contributed by atoms with E-state index in [4.69, 9.17) is 11.6 Å². The number of alkyl halides is 1. The van der Waals surface area contributed by atoms with Gasteiger partial charge in [-0.1, -0.05) is 23.6 Å². The molecular formula is C7H13ClN2O2. The Hall–Kier alpha value is -0.640. The fraction of sp³-hybridized carbons (Fsp3) is 0.857. The zero-order chi connectivity index (χ0) is 9.61. The van der Waals surface area contributed by atoms with Gasteiger partial charge in [-0.25, -0.2) is 4.79 Å². The van der Waals surface area contributed by atoms with Gasteiger partial charge >= 0.3 is 6.09 Å². The highest BCUT2D eigenvalue weighted by Crippen LogP contribution is 2.20. The molecule has 0 bridgehead atoms. The molecule has 5 heteroatoms. The molecule has 0 rings (SSSR count). The van der Waals surface area contributed by atoms with Gasteiger partial charge in [-0.3, -0.25) is 0 Å². The lowest BCUT2D eigenvalue weighted by molar-refractivity contribution is 0.161. The molecule has 0 aliphatic carbocycles. The minimum atomic E-state index is -0.799. The van der Waals surface area contributed by atoms with Crippen LogP contribution in [0.25, 0.3) is 0 Å². The molecule has 0 aromatic heterocycles. The molecule has 0 fully saturated rings. The maximum absolute atomic E-state index is 10.7. The summed E-state index contributed by atoms with van der Waals surface area (Å²) in [4.78, 5) is 9.87. The van der Waals surface area contributed by atoms with E-state index in [2.05, 4.69) is 15.0 Å². The summed E-state index contributed by atoms with van der Waals surface area (Å²) in [5.41, 5.74) is 0. The lowest BCUT2D eigenvalue weighted by atomic mass is 10.3. The minimum absolute atomic E-state index is 0.295. The maximum Gasteiger partial charge on any atom is 0.452 e. The van der Waals surface area contributed by atoms with Crippen LogP contribution >= 0.6 is 11.6 Å². The molecular weight excluding hydrogens is 180 g/mol. The molecule has 0 aromatic carbocycles. The Labute approximate surface area is 77.0 Å². The van der Waals surface area contributed by atoms with E-state index in [1.807, 2.05) is 6.92 Å². The number of hydrogen-bond donors (Lipinski definition) is 0. The van der Waals surface area contributed by atoms with Crippen molar-refractivity contribution in [3.05, 3.63) is 0 Å². The highest BCUT2D eigenvalue weighted by atomic mass is 35.5. The lowest BCUT2D eigenvalue weighted by Crippen LogP contribution is -2.10. The Morgan fingerprint density at radius 3 is 2.58 bits per heavy atom. The van der Waals surface area contributed by atoms with Crippen molar-refractivity contribution in [2.45, 2.75) is 32.2 Å². The van der Waals surface area contributed by atoms with Crippen molar-refractivity contribution in [3.8, 4) is 0 Å². The summed E-state index contributed by atoms with van der Waals surface area (Å²) < 4.78 is 4.52. The summed E-state index contributed by atoms with van der Waals surface area (Å²) >= 11 is 5.80. The van der Waals surface area contributed by atoms with Gasteiger partial charge in [-0.15, -0.1) is 0 Å². The Kier molecular flexibility index (Phi) is 4.81. The standard InChI is InChI=1S/C7H13ClN2O2/c1-4-7(3,8)10-9-6(11)12-5-2/h4-5H2,1-3H3/b10-9+. The zero-order valence-electron chi connectivity index (χ0n) is 7.50. The average molecular weight is 193 g/mol. The van der Waals surface area contributed by atoms with Gasteiger partial charge in [-0.2, -0.15) is 5.11 Å². The van der Waals surface area contributed by atoms with Crippen molar-refractivity contribution >= 4 is 17.7 Å². The van der Waals surface area contributed by atoms with Gasteiger partial charge in [-0.05, 0) is 20.3 Å². The SMILES string of the molecule is CCOC(=O)/N=N/C(C)(Cl)CC. The van der Waals surface area contributed by atoms with Gasteiger partial charge in [0.25, 0.3) is 0 Å². The Bertz CT molecular complexity index is 180. The number of carbonyl (C=O) groups excluding carboxylic acids is 1. The Morgan fingerprint density at radius 1 is 1.58 bits per heavy atom. The van der Waals surface area contributed by atoms with Crippen LogP contribution in [0.1, 0.15) is 27.2 Å². The molecule has 0 spiro atoms. The third-order valence-corrected chi connectivity index (χ3v) is 1.60. The first kappa shape index (κ1) is 11.4. The molecule has 4 nitrogen and oxygen atoms in total. The number of ether oxygens (including phenoxy) is 1. The monoisotopic (exact) mass is 192 g/mol. The number of amides is 1. The highest BCUT2D eigenvalue weighted by Gasteiger charge is 2.16. The molecule has 0 aromatic rings. The molecule has 0 aliphatic heterocycles. The molecule has 0 heterocycles. The molecule has 0 saturated heterocycles. The van der Waals surface area contributed by atoms with Crippen molar-refractivity contribution in [1.82, 2.24) is 0 Å². The van der Waals surface area contributed by atoms with Gasteiger partial charge < -0.3 is 4.74 Å². The Morgan fingerprint density at radius 2 is 2.17 bits per heavy atom. The number of halogens is 1. The summed E-state index contributed by atoms with van der Waals surface area (Å²) in [7, 11) is 0. The second kappa shape index (κ2) is 5.09. The first-order chi connectivity index (χ1) is 5.52. The highest BCUT2D eigenvalue weighted by molar-refractivity contribution is 6.23. The predicted octanol–water partition coefficient (Wildman–Crippen LogP) is 2.96.